The van der Waals surface area contributed by atoms with Crippen molar-refractivity contribution in [2.45, 2.75) is 0 Å². The van der Waals surface area contributed by atoms with Crippen LogP contribution in [0.15, 0.2) is 0 Å². The number of rotatable bonds is 2. The number of carboxylic acid groups (broad SMARTS) is 1. The minimum absolute atomic E-state index is 0.144. The first-order valence-corrected chi connectivity index (χ1v) is 1.74. The van der Waals surface area contributed by atoms with Crippen molar-refractivity contribution >= 4 is 6.16 Å². The third-order valence-corrected chi connectivity index (χ3v) is 0.317. The lowest BCUT2D eigenvalue weighted by molar-refractivity contribution is 0.0743. The van der Waals surface area contributed by atoms with Crippen molar-refractivity contribution in [2.75, 3.05) is 13.2 Å². The van der Waals surface area contributed by atoms with Gasteiger partial charge in [0.2, 0.25) is 0 Å². The summed E-state index contributed by atoms with van der Waals surface area (Å²) in [7, 11) is 0. The number of aliphatic hydroxyl groups excluding tert-OH is 1. The largest absolute Gasteiger partial charge is 0.505 e. The number of hydrogen-bond acceptors (Lipinski definition) is 3. The Labute approximate surface area is 40.3 Å². The van der Waals surface area contributed by atoms with Crippen LogP contribution in [0.25, 0.3) is 0 Å². The molecule has 0 unspecified atom stereocenters. The second-order valence-electron chi connectivity index (χ2n) is 0.838. The lowest BCUT2D eigenvalue weighted by Gasteiger charge is -1.91. The first kappa shape index (κ1) is 6.23. The molecule has 0 bridgehead atoms. The third-order valence-electron chi connectivity index (χ3n) is 0.317. The van der Waals surface area contributed by atoms with Gasteiger partial charge in [-0.25, -0.2) is 4.79 Å². The standard InChI is InChI=1S/C3H6O4/c4-1-2-7-3(5)6/h4H,1-2H2,(H,5,6). The topological polar surface area (TPSA) is 66.8 Å². The normalized spacial score (nSPS) is 8.14. The smallest absolute Gasteiger partial charge is 0.450 e. The number of aliphatic hydroxyl groups is 1. The van der Waals surface area contributed by atoms with Crippen molar-refractivity contribution in [3.8, 4) is 0 Å². The second kappa shape index (κ2) is 3.42. The van der Waals surface area contributed by atoms with E-state index in [0.29, 0.717) is 0 Å². The van der Waals surface area contributed by atoms with E-state index in [4.69, 9.17) is 10.2 Å². The van der Waals surface area contributed by atoms with E-state index in [1.165, 1.54) is 0 Å². The van der Waals surface area contributed by atoms with Crippen molar-refractivity contribution in [3.05, 3.63) is 0 Å². The van der Waals surface area contributed by atoms with Gasteiger partial charge in [0.05, 0.1) is 6.61 Å². The van der Waals surface area contributed by atoms with Gasteiger partial charge >= 0.3 is 6.16 Å². The molecule has 4 nitrogen and oxygen atoms in total. The first-order chi connectivity index (χ1) is 3.27. The zero-order valence-corrected chi connectivity index (χ0v) is 3.63. The molecule has 2 N–H and O–H groups in total. The molecule has 0 saturated carbocycles. The van der Waals surface area contributed by atoms with E-state index in [1.807, 2.05) is 0 Å². The van der Waals surface area contributed by atoms with Gasteiger partial charge in [0, 0.05) is 0 Å². The van der Waals surface area contributed by atoms with Crippen LogP contribution in [0.4, 0.5) is 4.79 Å². The van der Waals surface area contributed by atoms with Crippen molar-refractivity contribution in [2.24, 2.45) is 0 Å². The fraction of sp³-hybridized carbons (Fsp3) is 0.667. The molecule has 42 valence electrons. The predicted octanol–water partition coefficient (Wildman–Crippen LogP) is -0.327. The van der Waals surface area contributed by atoms with E-state index < -0.39 is 6.16 Å². The Morgan fingerprint density at radius 2 is 2.29 bits per heavy atom. The predicted molar refractivity (Wildman–Crippen MR) is 21.1 cm³/mol. The molecule has 0 rings (SSSR count). The van der Waals surface area contributed by atoms with Gasteiger partial charge in [-0.15, -0.1) is 0 Å². The highest BCUT2D eigenvalue weighted by molar-refractivity contribution is 5.56. The second-order valence-corrected chi connectivity index (χ2v) is 0.838. The molecule has 0 heterocycles. The zero-order chi connectivity index (χ0) is 5.70. The van der Waals surface area contributed by atoms with Crippen LogP contribution in [0.3, 0.4) is 0 Å². The molecule has 4 heteroatoms. The molecule has 0 aliphatic rings. The summed E-state index contributed by atoms with van der Waals surface area (Å²) in [6, 6.07) is 0. The summed E-state index contributed by atoms with van der Waals surface area (Å²) in [5.41, 5.74) is 0. The molecule has 0 aliphatic heterocycles. The summed E-state index contributed by atoms with van der Waals surface area (Å²) >= 11 is 0. The highest BCUT2D eigenvalue weighted by atomic mass is 16.7. The fourth-order valence-electron chi connectivity index (χ4n) is 0.133. The maximum Gasteiger partial charge on any atom is 0.505 e. The minimum Gasteiger partial charge on any atom is -0.450 e. The monoisotopic (exact) mass is 106 g/mol. The molecule has 7 heavy (non-hydrogen) atoms. The van der Waals surface area contributed by atoms with Gasteiger partial charge in [0.25, 0.3) is 0 Å². The first-order valence-electron chi connectivity index (χ1n) is 1.74. The summed E-state index contributed by atoms with van der Waals surface area (Å²) in [5.74, 6) is 0. The Morgan fingerprint density at radius 1 is 1.71 bits per heavy atom. The van der Waals surface area contributed by atoms with Crippen molar-refractivity contribution in [3.63, 3.8) is 0 Å². The number of ether oxygens (including phenoxy) is 1. The van der Waals surface area contributed by atoms with Gasteiger partial charge < -0.3 is 14.9 Å². The van der Waals surface area contributed by atoms with Crippen LogP contribution in [-0.4, -0.2) is 29.6 Å². The van der Waals surface area contributed by atoms with Crippen LogP contribution in [0.2, 0.25) is 0 Å². The molecule has 0 aromatic carbocycles. The lowest BCUT2D eigenvalue weighted by Crippen LogP contribution is -2.04. The minimum atomic E-state index is -1.35. The van der Waals surface area contributed by atoms with E-state index in [-0.39, 0.29) is 13.2 Å². The average molecular weight is 106 g/mol. The SMILES string of the molecule is O=C(O)OCCO. The van der Waals surface area contributed by atoms with Gasteiger partial charge in [0.1, 0.15) is 6.61 Å². The fourth-order valence-corrected chi connectivity index (χ4v) is 0.133. The zero-order valence-electron chi connectivity index (χ0n) is 3.63. The van der Waals surface area contributed by atoms with E-state index in [2.05, 4.69) is 4.74 Å². The highest BCUT2D eigenvalue weighted by Crippen LogP contribution is 1.71. The Morgan fingerprint density at radius 3 is 2.43 bits per heavy atom. The van der Waals surface area contributed by atoms with Crippen LogP contribution in [0, 0.1) is 0 Å². The molecule has 0 radical (unpaired) electrons. The Bertz CT molecular complexity index is 60.0. The Balaban J connectivity index is 2.82. The summed E-state index contributed by atoms with van der Waals surface area (Å²) < 4.78 is 3.86. The molecule has 0 aromatic heterocycles. The van der Waals surface area contributed by atoms with Crippen molar-refractivity contribution < 1.29 is 19.7 Å². The van der Waals surface area contributed by atoms with Gasteiger partial charge in [-0.3, -0.25) is 0 Å². The van der Waals surface area contributed by atoms with Crippen LogP contribution >= 0.6 is 0 Å². The number of hydrogen-bond donors (Lipinski definition) is 2. The van der Waals surface area contributed by atoms with E-state index >= 15 is 0 Å². The molecule has 0 amide bonds. The van der Waals surface area contributed by atoms with Gasteiger partial charge in [0.15, 0.2) is 0 Å². The quantitative estimate of drug-likeness (QED) is 0.473. The maximum atomic E-state index is 9.42. The summed E-state index contributed by atoms with van der Waals surface area (Å²) in [5, 5.41) is 15.6. The lowest BCUT2D eigenvalue weighted by atomic mass is 10.8. The molecule has 0 aliphatic carbocycles. The number of carbonyl (C=O) groups is 1. The molecular weight excluding hydrogens is 100 g/mol. The van der Waals surface area contributed by atoms with Crippen molar-refractivity contribution in [1.29, 1.82) is 0 Å². The molecule has 0 aromatic rings. The van der Waals surface area contributed by atoms with Crippen LogP contribution in [-0.2, 0) is 4.74 Å². The third kappa shape index (κ3) is 5.23. The molecule has 0 atom stereocenters. The molecule has 0 spiro atoms. The summed E-state index contributed by atoms with van der Waals surface area (Å²) in [4.78, 5) is 9.42. The molecule has 0 saturated heterocycles. The average Bonchev–Trinajstić information content (AvgIpc) is 1.61. The van der Waals surface area contributed by atoms with Crippen molar-refractivity contribution in [1.82, 2.24) is 0 Å². The molecule has 0 fully saturated rings. The van der Waals surface area contributed by atoms with Gasteiger partial charge in [-0.2, -0.15) is 0 Å². The Hall–Kier alpha value is -0.770. The maximum absolute atomic E-state index is 9.42. The van der Waals surface area contributed by atoms with E-state index in [1.54, 1.807) is 0 Å². The van der Waals surface area contributed by atoms with Crippen LogP contribution in [0.1, 0.15) is 0 Å². The summed E-state index contributed by atoms with van der Waals surface area (Å²) in [6.45, 7) is -0.401. The highest BCUT2D eigenvalue weighted by Gasteiger charge is 1.90. The van der Waals surface area contributed by atoms with Gasteiger partial charge in [-0.05, 0) is 0 Å². The van der Waals surface area contributed by atoms with E-state index in [9.17, 15) is 4.79 Å². The van der Waals surface area contributed by atoms with Crippen LogP contribution in [0.5, 0.6) is 0 Å². The Kier molecular flexibility index (Phi) is 3.04. The summed E-state index contributed by atoms with van der Waals surface area (Å²) in [6.07, 6.45) is -1.35. The molecular formula is C3H6O4. The van der Waals surface area contributed by atoms with Gasteiger partial charge in [-0.1, -0.05) is 0 Å². The van der Waals surface area contributed by atoms with E-state index in [0.717, 1.165) is 0 Å². The van der Waals surface area contributed by atoms with Crippen LogP contribution < -0.4 is 0 Å².